The van der Waals surface area contributed by atoms with Gasteiger partial charge in [-0.1, -0.05) is 19.3 Å². The maximum atomic E-state index is 12.9. The number of nitrogens with one attached hydrogen (secondary N) is 2. The van der Waals surface area contributed by atoms with Crippen LogP contribution in [0.4, 0.5) is 11.4 Å². The normalized spacial score (nSPS) is 24.3. The van der Waals surface area contributed by atoms with Crippen molar-refractivity contribution < 1.29 is 14.3 Å². The minimum absolute atomic E-state index is 0.0164. The molecule has 2 amide bonds. The maximum absolute atomic E-state index is 12.9. The van der Waals surface area contributed by atoms with Gasteiger partial charge in [0.25, 0.3) is 5.91 Å². The molecule has 134 valence electrons. The lowest BCUT2D eigenvalue weighted by molar-refractivity contribution is -0.123. The summed E-state index contributed by atoms with van der Waals surface area (Å²) in [7, 11) is 0. The second-order valence-electron chi connectivity index (χ2n) is 7.22. The molecule has 4 rings (SSSR count). The average molecular weight is 343 g/mol. The van der Waals surface area contributed by atoms with E-state index in [1.807, 2.05) is 6.07 Å². The van der Waals surface area contributed by atoms with Crippen molar-refractivity contribution in [2.75, 3.05) is 23.8 Å². The molecule has 0 bridgehead atoms. The molecule has 3 aliphatic rings. The molecular weight excluding hydrogens is 318 g/mol. The minimum atomic E-state index is -0.154. The summed E-state index contributed by atoms with van der Waals surface area (Å²) in [5.74, 6) is 0.527. The molecule has 2 fully saturated rings. The van der Waals surface area contributed by atoms with Gasteiger partial charge in [0.15, 0.2) is 6.61 Å². The van der Waals surface area contributed by atoms with E-state index in [2.05, 4.69) is 15.5 Å². The van der Waals surface area contributed by atoms with Crippen LogP contribution in [0.3, 0.4) is 0 Å². The quantitative estimate of drug-likeness (QED) is 0.885. The molecule has 1 atom stereocenters. The van der Waals surface area contributed by atoms with Gasteiger partial charge in [0.1, 0.15) is 5.75 Å². The van der Waals surface area contributed by atoms with Crippen molar-refractivity contribution in [2.45, 2.75) is 57.0 Å². The van der Waals surface area contributed by atoms with E-state index >= 15 is 0 Å². The van der Waals surface area contributed by atoms with Crippen molar-refractivity contribution in [2.24, 2.45) is 0 Å². The summed E-state index contributed by atoms with van der Waals surface area (Å²) >= 11 is 0. The lowest BCUT2D eigenvalue weighted by Gasteiger charge is -2.39. The predicted molar refractivity (Wildman–Crippen MR) is 95.8 cm³/mol. The fraction of sp³-hybridized carbons (Fsp3) is 0.579. The second kappa shape index (κ2) is 7.04. The van der Waals surface area contributed by atoms with Crippen LogP contribution in [0.25, 0.3) is 0 Å². The Balaban J connectivity index is 1.46. The molecule has 0 radical (unpaired) electrons. The third-order valence-corrected chi connectivity index (χ3v) is 5.52. The van der Waals surface area contributed by atoms with Crippen LogP contribution in [0.15, 0.2) is 18.2 Å². The van der Waals surface area contributed by atoms with Gasteiger partial charge >= 0.3 is 0 Å². The van der Waals surface area contributed by atoms with Gasteiger partial charge in [0.05, 0.1) is 11.7 Å². The first-order valence-electron chi connectivity index (χ1n) is 9.34. The van der Waals surface area contributed by atoms with Gasteiger partial charge in [0, 0.05) is 17.8 Å². The van der Waals surface area contributed by atoms with E-state index in [4.69, 9.17) is 4.74 Å². The van der Waals surface area contributed by atoms with Crippen molar-refractivity contribution >= 4 is 23.2 Å². The van der Waals surface area contributed by atoms with Crippen molar-refractivity contribution in [3.8, 4) is 5.75 Å². The standard InChI is InChI=1S/C19H25N3O3/c23-18-12-25-17-11-13(8-9-15(17)21-18)20-19(24)16-7-3-4-10-22(16)14-5-1-2-6-14/h8-9,11,14,16H,1-7,10,12H2,(H,20,24)(H,21,23)/t16-/m1/s1. The van der Waals surface area contributed by atoms with E-state index in [1.165, 1.54) is 32.1 Å². The number of nitrogens with zero attached hydrogens (tertiary/aromatic N) is 1. The Morgan fingerprint density at radius 3 is 2.80 bits per heavy atom. The zero-order valence-corrected chi connectivity index (χ0v) is 14.4. The number of fused-ring (bicyclic) bond motifs is 1. The number of benzene rings is 1. The SMILES string of the molecule is O=C1COc2cc(NC(=O)[C@H]3CCCCN3C3CCCC3)ccc2N1. The van der Waals surface area contributed by atoms with Crippen LogP contribution in [0.5, 0.6) is 5.75 Å². The molecule has 6 nitrogen and oxygen atoms in total. The Hall–Kier alpha value is -2.08. The molecule has 2 N–H and O–H groups in total. The van der Waals surface area contributed by atoms with Gasteiger partial charge < -0.3 is 15.4 Å². The monoisotopic (exact) mass is 343 g/mol. The lowest BCUT2D eigenvalue weighted by atomic mass is 9.98. The number of carbonyl (C=O) groups is 2. The molecule has 1 saturated carbocycles. The summed E-state index contributed by atoms with van der Waals surface area (Å²) in [6.07, 6.45) is 8.23. The number of hydrogen-bond acceptors (Lipinski definition) is 4. The highest BCUT2D eigenvalue weighted by molar-refractivity contribution is 5.98. The zero-order valence-electron chi connectivity index (χ0n) is 14.4. The van der Waals surface area contributed by atoms with E-state index in [9.17, 15) is 9.59 Å². The van der Waals surface area contributed by atoms with E-state index in [0.29, 0.717) is 17.5 Å². The van der Waals surface area contributed by atoms with E-state index in [1.54, 1.807) is 12.1 Å². The smallest absolute Gasteiger partial charge is 0.262 e. The van der Waals surface area contributed by atoms with Crippen LogP contribution in [-0.4, -0.2) is 41.9 Å². The molecular formula is C19H25N3O3. The van der Waals surface area contributed by atoms with Gasteiger partial charge in [-0.15, -0.1) is 0 Å². The number of amides is 2. The first kappa shape index (κ1) is 16.4. The van der Waals surface area contributed by atoms with Gasteiger partial charge in [-0.3, -0.25) is 14.5 Å². The Labute approximate surface area is 147 Å². The lowest BCUT2D eigenvalue weighted by Crippen LogP contribution is -2.51. The summed E-state index contributed by atoms with van der Waals surface area (Å²) in [5.41, 5.74) is 1.37. The zero-order chi connectivity index (χ0) is 17.2. The van der Waals surface area contributed by atoms with Crippen molar-refractivity contribution in [1.29, 1.82) is 0 Å². The summed E-state index contributed by atoms with van der Waals surface area (Å²) in [5, 5.41) is 5.82. The molecule has 0 aromatic heterocycles. The number of rotatable bonds is 3. The van der Waals surface area contributed by atoms with Crippen LogP contribution in [0.1, 0.15) is 44.9 Å². The average Bonchev–Trinajstić information content (AvgIpc) is 3.16. The van der Waals surface area contributed by atoms with Crippen LogP contribution in [-0.2, 0) is 9.59 Å². The summed E-state index contributed by atoms with van der Waals surface area (Å²) in [6, 6.07) is 5.91. The molecule has 0 spiro atoms. The Morgan fingerprint density at radius 1 is 1.16 bits per heavy atom. The molecule has 2 heterocycles. The molecule has 1 saturated heterocycles. The van der Waals surface area contributed by atoms with Crippen LogP contribution in [0.2, 0.25) is 0 Å². The minimum Gasteiger partial charge on any atom is -0.482 e. The Kier molecular flexibility index (Phi) is 4.61. The maximum Gasteiger partial charge on any atom is 0.262 e. The third-order valence-electron chi connectivity index (χ3n) is 5.52. The number of hydrogen-bond donors (Lipinski definition) is 2. The highest BCUT2D eigenvalue weighted by Gasteiger charge is 2.34. The molecule has 2 aliphatic heterocycles. The van der Waals surface area contributed by atoms with Crippen LogP contribution >= 0.6 is 0 Å². The third kappa shape index (κ3) is 3.49. The van der Waals surface area contributed by atoms with Gasteiger partial charge in [-0.2, -0.15) is 0 Å². The van der Waals surface area contributed by atoms with Gasteiger partial charge in [-0.25, -0.2) is 0 Å². The second-order valence-corrected chi connectivity index (χ2v) is 7.22. The highest BCUT2D eigenvalue weighted by atomic mass is 16.5. The largest absolute Gasteiger partial charge is 0.482 e. The van der Waals surface area contributed by atoms with E-state index in [-0.39, 0.29) is 24.5 Å². The fourth-order valence-corrected chi connectivity index (χ4v) is 4.29. The van der Waals surface area contributed by atoms with Gasteiger partial charge in [-0.05, 0) is 44.4 Å². The van der Waals surface area contributed by atoms with E-state index in [0.717, 1.165) is 25.1 Å². The topological polar surface area (TPSA) is 70.7 Å². The van der Waals surface area contributed by atoms with Crippen molar-refractivity contribution in [3.05, 3.63) is 18.2 Å². The number of piperidine rings is 1. The first-order valence-corrected chi connectivity index (χ1v) is 9.34. The number of likely N-dealkylation sites (tertiary alicyclic amines) is 1. The number of ether oxygens (including phenoxy) is 1. The molecule has 1 aliphatic carbocycles. The summed E-state index contributed by atoms with van der Waals surface area (Å²) in [4.78, 5) is 26.7. The number of carbonyl (C=O) groups excluding carboxylic acids is 2. The van der Waals surface area contributed by atoms with Crippen molar-refractivity contribution in [1.82, 2.24) is 4.90 Å². The van der Waals surface area contributed by atoms with Crippen LogP contribution < -0.4 is 15.4 Å². The number of anilines is 2. The summed E-state index contributed by atoms with van der Waals surface area (Å²) in [6.45, 7) is 1.05. The van der Waals surface area contributed by atoms with Crippen molar-refractivity contribution in [3.63, 3.8) is 0 Å². The molecule has 0 unspecified atom stereocenters. The van der Waals surface area contributed by atoms with Gasteiger partial charge in [0.2, 0.25) is 5.91 Å². The Bertz CT molecular complexity index is 670. The molecule has 1 aromatic rings. The molecule has 25 heavy (non-hydrogen) atoms. The van der Waals surface area contributed by atoms with E-state index < -0.39 is 0 Å². The molecule has 6 heteroatoms. The highest BCUT2D eigenvalue weighted by Crippen LogP contribution is 2.32. The fourth-order valence-electron chi connectivity index (χ4n) is 4.29. The summed E-state index contributed by atoms with van der Waals surface area (Å²) < 4.78 is 5.43. The Morgan fingerprint density at radius 2 is 1.96 bits per heavy atom. The molecule has 1 aromatic carbocycles. The van der Waals surface area contributed by atoms with Crippen LogP contribution in [0, 0.1) is 0 Å². The predicted octanol–water partition coefficient (Wildman–Crippen LogP) is 2.75. The first-order chi connectivity index (χ1) is 12.2.